The fraction of sp³-hybridized carbons (Fsp3) is 0.471. The number of hydrogen-bond donors (Lipinski definition) is 1. The van der Waals surface area contributed by atoms with Crippen molar-refractivity contribution < 1.29 is 4.79 Å². The monoisotopic (exact) mass is 255 g/mol. The molecule has 0 unspecified atom stereocenters. The molecule has 0 heterocycles. The van der Waals surface area contributed by atoms with Gasteiger partial charge in [0.25, 0.3) is 0 Å². The minimum Gasteiger partial charge on any atom is -0.352 e. The summed E-state index contributed by atoms with van der Waals surface area (Å²) in [6, 6.07) is 9.94. The highest BCUT2D eigenvalue weighted by Crippen LogP contribution is 2.47. The van der Waals surface area contributed by atoms with Crippen molar-refractivity contribution in [2.75, 3.05) is 6.54 Å². The van der Waals surface area contributed by atoms with Crippen molar-refractivity contribution >= 4 is 12.0 Å². The third kappa shape index (κ3) is 3.06. The summed E-state index contributed by atoms with van der Waals surface area (Å²) in [6.07, 6.45) is 9.04. The molecule has 0 aromatic heterocycles. The van der Waals surface area contributed by atoms with Gasteiger partial charge in [0.15, 0.2) is 0 Å². The molecule has 2 nitrogen and oxygen atoms in total. The van der Waals surface area contributed by atoms with Crippen molar-refractivity contribution in [1.29, 1.82) is 0 Å². The van der Waals surface area contributed by atoms with Crippen molar-refractivity contribution in [3.05, 3.63) is 42.0 Å². The lowest BCUT2D eigenvalue weighted by Crippen LogP contribution is -2.30. The molecular formula is C17H21NO. The average Bonchev–Trinajstić information content (AvgIpc) is 3.06. The number of fused-ring (bicyclic) bond motifs is 2. The van der Waals surface area contributed by atoms with E-state index in [2.05, 4.69) is 5.32 Å². The Labute approximate surface area is 114 Å². The molecule has 2 aliphatic rings. The second kappa shape index (κ2) is 5.60. The largest absolute Gasteiger partial charge is 0.352 e. The first-order chi connectivity index (χ1) is 9.31. The Bertz CT molecular complexity index is 465. The van der Waals surface area contributed by atoms with Gasteiger partial charge in [-0.15, -0.1) is 0 Å². The van der Waals surface area contributed by atoms with E-state index in [1.165, 1.54) is 25.7 Å². The molecule has 100 valence electrons. The van der Waals surface area contributed by atoms with E-state index in [9.17, 15) is 4.79 Å². The quantitative estimate of drug-likeness (QED) is 0.822. The molecule has 1 N–H and O–H groups in total. The number of carbonyl (C=O) groups is 1. The number of amides is 1. The molecule has 2 saturated carbocycles. The number of benzene rings is 1. The van der Waals surface area contributed by atoms with Crippen LogP contribution < -0.4 is 5.32 Å². The van der Waals surface area contributed by atoms with Gasteiger partial charge in [0.2, 0.25) is 5.91 Å². The van der Waals surface area contributed by atoms with Crippen molar-refractivity contribution in [1.82, 2.24) is 5.32 Å². The zero-order valence-electron chi connectivity index (χ0n) is 11.2. The fourth-order valence-corrected chi connectivity index (χ4v) is 3.65. The summed E-state index contributed by atoms with van der Waals surface area (Å²) in [5, 5.41) is 3.05. The third-order valence-corrected chi connectivity index (χ3v) is 4.65. The molecule has 3 atom stereocenters. The van der Waals surface area contributed by atoms with Crippen molar-refractivity contribution in [3.8, 4) is 0 Å². The van der Waals surface area contributed by atoms with Crippen LogP contribution in [0.2, 0.25) is 0 Å². The molecule has 0 spiro atoms. The van der Waals surface area contributed by atoms with Gasteiger partial charge in [-0.25, -0.2) is 0 Å². The maximum atomic E-state index is 11.8. The Balaban J connectivity index is 1.46. The van der Waals surface area contributed by atoms with Crippen LogP contribution in [0.4, 0.5) is 0 Å². The Morgan fingerprint density at radius 1 is 1.21 bits per heavy atom. The molecule has 3 rings (SSSR count). The Morgan fingerprint density at radius 2 is 2.05 bits per heavy atom. The standard InChI is InChI=1S/C17H21NO/c19-17(9-7-13-4-2-1-3-5-13)18-12-16-11-14-6-8-15(16)10-14/h1-5,7,9,14-16H,6,8,10-12H2,(H,18,19)/b9-7+/t14-,15-,16-/m0/s1. The average molecular weight is 255 g/mol. The van der Waals surface area contributed by atoms with E-state index in [1.807, 2.05) is 36.4 Å². The van der Waals surface area contributed by atoms with Gasteiger partial charge in [-0.05, 0) is 48.7 Å². The fourth-order valence-electron chi connectivity index (χ4n) is 3.65. The van der Waals surface area contributed by atoms with Gasteiger partial charge in [0.05, 0.1) is 0 Å². The predicted octanol–water partition coefficient (Wildman–Crippen LogP) is 3.25. The highest BCUT2D eigenvalue weighted by molar-refractivity contribution is 5.91. The number of carbonyl (C=O) groups excluding carboxylic acids is 1. The molecular weight excluding hydrogens is 234 g/mol. The lowest BCUT2D eigenvalue weighted by atomic mass is 9.89. The summed E-state index contributed by atoms with van der Waals surface area (Å²) in [5.41, 5.74) is 1.07. The van der Waals surface area contributed by atoms with Crippen LogP contribution in [0.15, 0.2) is 36.4 Å². The second-order valence-corrected chi connectivity index (χ2v) is 5.92. The Hall–Kier alpha value is -1.57. The molecule has 1 amide bonds. The number of nitrogens with one attached hydrogen (secondary N) is 1. The summed E-state index contributed by atoms with van der Waals surface area (Å²) >= 11 is 0. The maximum absolute atomic E-state index is 11.8. The van der Waals surface area contributed by atoms with E-state index in [0.29, 0.717) is 0 Å². The maximum Gasteiger partial charge on any atom is 0.244 e. The Morgan fingerprint density at radius 3 is 2.74 bits per heavy atom. The van der Waals surface area contributed by atoms with Crippen LogP contribution in [0.25, 0.3) is 6.08 Å². The van der Waals surface area contributed by atoms with Gasteiger partial charge >= 0.3 is 0 Å². The van der Waals surface area contributed by atoms with Gasteiger partial charge in [-0.1, -0.05) is 36.8 Å². The van der Waals surface area contributed by atoms with Crippen LogP contribution in [-0.2, 0) is 4.79 Å². The van der Waals surface area contributed by atoms with E-state index in [4.69, 9.17) is 0 Å². The van der Waals surface area contributed by atoms with Crippen LogP contribution >= 0.6 is 0 Å². The lowest BCUT2D eigenvalue weighted by molar-refractivity contribution is -0.116. The SMILES string of the molecule is O=C(/C=C/c1ccccc1)NC[C@@H]1C[C@H]2CC[C@H]1C2. The van der Waals surface area contributed by atoms with E-state index in [-0.39, 0.29) is 5.91 Å². The summed E-state index contributed by atoms with van der Waals surface area (Å²) in [7, 11) is 0. The van der Waals surface area contributed by atoms with Crippen LogP contribution in [0, 0.1) is 17.8 Å². The molecule has 19 heavy (non-hydrogen) atoms. The second-order valence-electron chi connectivity index (χ2n) is 5.92. The first-order valence-electron chi connectivity index (χ1n) is 7.32. The van der Waals surface area contributed by atoms with Gasteiger partial charge in [-0.2, -0.15) is 0 Å². The first-order valence-corrected chi connectivity index (χ1v) is 7.32. The summed E-state index contributed by atoms with van der Waals surface area (Å²) in [6.45, 7) is 0.860. The molecule has 0 saturated heterocycles. The zero-order valence-corrected chi connectivity index (χ0v) is 11.2. The van der Waals surface area contributed by atoms with Crippen molar-refractivity contribution in [2.24, 2.45) is 17.8 Å². The third-order valence-electron chi connectivity index (χ3n) is 4.65. The molecule has 2 heteroatoms. The highest BCUT2D eigenvalue weighted by Gasteiger charge is 2.39. The van der Waals surface area contributed by atoms with Crippen LogP contribution in [0.3, 0.4) is 0 Å². The van der Waals surface area contributed by atoms with E-state index >= 15 is 0 Å². The minimum absolute atomic E-state index is 0.0339. The summed E-state index contributed by atoms with van der Waals surface area (Å²) in [5.74, 6) is 2.59. The van der Waals surface area contributed by atoms with E-state index in [1.54, 1.807) is 6.08 Å². The summed E-state index contributed by atoms with van der Waals surface area (Å²) in [4.78, 5) is 11.8. The number of rotatable bonds is 4. The summed E-state index contributed by atoms with van der Waals surface area (Å²) < 4.78 is 0. The van der Waals surface area contributed by atoms with E-state index in [0.717, 1.165) is 29.9 Å². The van der Waals surface area contributed by atoms with Crippen LogP contribution in [0.1, 0.15) is 31.2 Å². The Kier molecular flexibility index (Phi) is 3.67. The van der Waals surface area contributed by atoms with Gasteiger partial charge in [-0.3, -0.25) is 4.79 Å². The van der Waals surface area contributed by atoms with Crippen LogP contribution in [0.5, 0.6) is 0 Å². The highest BCUT2D eigenvalue weighted by atomic mass is 16.1. The number of hydrogen-bond acceptors (Lipinski definition) is 1. The van der Waals surface area contributed by atoms with Gasteiger partial charge < -0.3 is 5.32 Å². The molecule has 2 fully saturated rings. The molecule has 1 aromatic carbocycles. The first kappa shape index (κ1) is 12.5. The normalized spacial score (nSPS) is 28.9. The van der Waals surface area contributed by atoms with Crippen molar-refractivity contribution in [2.45, 2.75) is 25.7 Å². The molecule has 0 radical (unpaired) electrons. The molecule has 1 aromatic rings. The molecule has 2 aliphatic carbocycles. The lowest BCUT2D eigenvalue weighted by Gasteiger charge is -2.21. The smallest absolute Gasteiger partial charge is 0.244 e. The topological polar surface area (TPSA) is 29.1 Å². The minimum atomic E-state index is 0.0339. The van der Waals surface area contributed by atoms with Gasteiger partial charge in [0, 0.05) is 12.6 Å². The molecule has 0 aliphatic heterocycles. The van der Waals surface area contributed by atoms with Gasteiger partial charge in [0.1, 0.15) is 0 Å². The van der Waals surface area contributed by atoms with E-state index < -0.39 is 0 Å². The predicted molar refractivity (Wildman–Crippen MR) is 77.4 cm³/mol. The molecule has 2 bridgehead atoms. The van der Waals surface area contributed by atoms with Crippen LogP contribution in [-0.4, -0.2) is 12.5 Å². The van der Waals surface area contributed by atoms with Crippen molar-refractivity contribution in [3.63, 3.8) is 0 Å². The zero-order chi connectivity index (χ0) is 13.1.